The Labute approximate surface area is 145 Å². The lowest BCUT2D eigenvalue weighted by Crippen LogP contribution is -2.48. The third-order valence-corrected chi connectivity index (χ3v) is 5.17. The van der Waals surface area contributed by atoms with Crippen LogP contribution in [0.4, 0.5) is 10.1 Å². The van der Waals surface area contributed by atoms with Gasteiger partial charge in [-0.1, -0.05) is 0 Å². The van der Waals surface area contributed by atoms with Gasteiger partial charge in [-0.3, -0.25) is 4.79 Å². The SMILES string of the molecule is Cc1cc(F)ccc1N1CCC[C@@H](NC(=O)CCc2nccs2)C1. The average molecular weight is 347 g/mol. The molecule has 1 saturated heterocycles. The largest absolute Gasteiger partial charge is 0.369 e. The fourth-order valence-corrected chi connectivity index (χ4v) is 3.80. The number of amides is 1. The normalized spacial score (nSPS) is 17.8. The number of halogens is 1. The molecule has 0 radical (unpaired) electrons. The van der Waals surface area contributed by atoms with Gasteiger partial charge in [-0.15, -0.1) is 11.3 Å². The molecule has 1 aromatic heterocycles. The third kappa shape index (κ3) is 4.32. The maximum Gasteiger partial charge on any atom is 0.220 e. The van der Waals surface area contributed by atoms with Crippen LogP contribution in [0.5, 0.6) is 0 Å². The van der Waals surface area contributed by atoms with Crippen molar-refractivity contribution < 1.29 is 9.18 Å². The molecule has 1 aliphatic rings. The fourth-order valence-electron chi connectivity index (χ4n) is 3.18. The molecule has 1 atom stereocenters. The van der Waals surface area contributed by atoms with E-state index in [1.165, 1.54) is 6.07 Å². The predicted molar refractivity (Wildman–Crippen MR) is 94.9 cm³/mol. The molecule has 0 aliphatic carbocycles. The lowest BCUT2D eigenvalue weighted by molar-refractivity contribution is -0.121. The van der Waals surface area contributed by atoms with Gasteiger partial charge in [0, 0.05) is 49.2 Å². The van der Waals surface area contributed by atoms with E-state index in [0.29, 0.717) is 12.8 Å². The van der Waals surface area contributed by atoms with E-state index in [1.807, 2.05) is 18.4 Å². The topological polar surface area (TPSA) is 45.2 Å². The Hall–Kier alpha value is -1.95. The van der Waals surface area contributed by atoms with E-state index in [9.17, 15) is 9.18 Å². The van der Waals surface area contributed by atoms with Crippen LogP contribution in [0.3, 0.4) is 0 Å². The summed E-state index contributed by atoms with van der Waals surface area (Å²) in [6, 6.07) is 5.04. The molecular formula is C18H22FN3OS. The van der Waals surface area contributed by atoms with E-state index in [1.54, 1.807) is 23.6 Å². The Morgan fingerprint density at radius 2 is 2.38 bits per heavy atom. The van der Waals surface area contributed by atoms with Crippen molar-refractivity contribution in [2.75, 3.05) is 18.0 Å². The molecule has 1 fully saturated rings. The minimum atomic E-state index is -0.208. The predicted octanol–water partition coefficient (Wildman–Crippen LogP) is 3.31. The molecule has 4 nitrogen and oxygen atoms in total. The number of hydrogen-bond donors (Lipinski definition) is 1. The van der Waals surface area contributed by atoms with E-state index in [4.69, 9.17) is 0 Å². The molecule has 1 amide bonds. The first-order chi connectivity index (χ1) is 11.6. The molecule has 0 bridgehead atoms. The van der Waals surface area contributed by atoms with Crippen molar-refractivity contribution in [2.24, 2.45) is 0 Å². The number of carbonyl (C=O) groups is 1. The van der Waals surface area contributed by atoms with Crippen LogP contribution in [0.2, 0.25) is 0 Å². The standard InChI is InChI=1S/C18H22FN3OS/c1-13-11-14(19)4-5-16(13)22-9-2-3-15(12-22)21-17(23)6-7-18-20-8-10-24-18/h4-5,8,10-11,15H,2-3,6-7,9,12H2,1H3,(H,21,23)/t15-/m1/s1. The van der Waals surface area contributed by atoms with Gasteiger partial charge in [0.25, 0.3) is 0 Å². The van der Waals surface area contributed by atoms with E-state index < -0.39 is 0 Å². The van der Waals surface area contributed by atoms with Gasteiger partial charge < -0.3 is 10.2 Å². The highest BCUT2D eigenvalue weighted by atomic mass is 32.1. The number of benzene rings is 1. The van der Waals surface area contributed by atoms with Crippen LogP contribution in [0.15, 0.2) is 29.8 Å². The number of rotatable bonds is 5. The average Bonchev–Trinajstić information content (AvgIpc) is 3.06. The summed E-state index contributed by atoms with van der Waals surface area (Å²) in [7, 11) is 0. The molecular weight excluding hydrogens is 325 g/mol. The molecule has 128 valence electrons. The number of aryl methyl sites for hydroxylation is 2. The van der Waals surface area contributed by atoms with Crippen LogP contribution in [-0.2, 0) is 11.2 Å². The minimum absolute atomic E-state index is 0.0767. The van der Waals surface area contributed by atoms with Crippen molar-refractivity contribution >= 4 is 22.9 Å². The maximum atomic E-state index is 13.3. The van der Waals surface area contributed by atoms with Crippen molar-refractivity contribution in [3.05, 3.63) is 46.2 Å². The number of carbonyl (C=O) groups excluding carboxylic acids is 1. The van der Waals surface area contributed by atoms with Gasteiger partial charge in [-0.2, -0.15) is 0 Å². The molecule has 1 aliphatic heterocycles. The van der Waals surface area contributed by atoms with E-state index in [2.05, 4.69) is 15.2 Å². The Morgan fingerprint density at radius 3 is 3.12 bits per heavy atom. The smallest absolute Gasteiger partial charge is 0.220 e. The zero-order chi connectivity index (χ0) is 16.9. The first kappa shape index (κ1) is 16.9. The van der Waals surface area contributed by atoms with Crippen molar-refractivity contribution in [3.8, 4) is 0 Å². The van der Waals surface area contributed by atoms with Crippen molar-refractivity contribution in [1.29, 1.82) is 0 Å². The zero-order valence-electron chi connectivity index (χ0n) is 13.8. The Bertz CT molecular complexity index is 690. The summed E-state index contributed by atoms with van der Waals surface area (Å²) in [4.78, 5) is 18.6. The molecule has 0 unspecified atom stereocenters. The number of anilines is 1. The summed E-state index contributed by atoms with van der Waals surface area (Å²) in [5.41, 5.74) is 1.99. The van der Waals surface area contributed by atoms with Gasteiger partial charge in [0.15, 0.2) is 0 Å². The lowest BCUT2D eigenvalue weighted by atomic mass is 10.0. The highest BCUT2D eigenvalue weighted by Crippen LogP contribution is 2.24. The number of nitrogens with zero attached hydrogens (tertiary/aromatic N) is 2. The van der Waals surface area contributed by atoms with Gasteiger partial charge >= 0.3 is 0 Å². The van der Waals surface area contributed by atoms with Crippen molar-refractivity contribution in [1.82, 2.24) is 10.3 Å². The van der Waals surface area contributed by atoms with Gasteiger partial charge in [-0.25, -0.2) is 9.37 Å². The molecule has 1 N–H and O–H groups in total. The Balaban J connectivity index is 1.54. The second-order valence-corrected chi connectivity index (χ2v) is 7.19. The van der Waals surface area contributed by atoms with Crippen LogP contribution in [0.1, 0.15) is 29.8 Å². The number of piperidine rings is 1. The zero-order valence-corrected chi connectivity index (χ0v) is 14.6. The molecule has 3 rings (SSSR count). The molecule has 0 spiro atoms. The number of nitrogens with one attached hydrogen (secondary N) is 1. The molecule has 6 heteroatoms. The molecule has 1 aromatic carbocycles. The quantitative estimate of drug-likeness (QED) is 0.902. The van der Waals surface area contributed by atoms with Gasteiger partial charge in [0.1, 0.15) is 5.82 Å². The Kier molecular flexibility index (Phi) is 5.45. The second-order valence-electron chi connectivity index (χ2n) is 6.21. The Morgan fingerprint density at radius 1 is 1.50 bits per heavy atom. The number of hydrogen-bond acceptors (Lipinski definition) is 4. The summed E-state index contributed by atoms with van der Waals surface area (Å²) in [5.74, 6) is -0.131. The molecule has 24 heavy (non-hydrogen) atoms. The van der Waals surface area contributed by atoms with E-state index in [0.717, 1.165) is 42.2 Å². The summed E-state index contributed by atoms with van der Waals surface area (Å²) >= 11 is 1.58. The summed E-state index contributed by atoms with van der Waals surface area (Å²) in [6.07, 6.45) is 4.94. The minimum Gasteiger partial charge on any atom is -0.369 e. The van der Waals surface area contributed by atoms with Crippen molar-refractivity contribution in [3.63, 3.8) is 0 Å². The molecule has 0 saturated carbocycles. The summed E-state index contributed by atoms with van der Waals surface area (Å²) in [6.45, 7) is 3.64. The maximum absolute atomic E-state index is 13.3. The highest BCUT2D eigenvalue weighted by Gasteiger charge is 2.22. The first-order valence-electron chi connectivity index (χ1n) is 8.30. The van der Waals surface area contributed by atoms with Crippen molar-refractivity contribution in [2.45, 2.75) is 38.6 Å². The van der Waals surface area contributed by atoms with Crippen LogP contribution in [0, 0.1) is 12.7 Å². The van der Waals surface area contributed by atoms with Crippen LogP contribution in [-0.4, -0.2) is 30.0 Å². The van der Waals surface area contributed by atoms with E-state index >= 15 is 0 Å². The van der Waals surface area contributed by atoms with Crippen LogP contribution in [0.25, 0.3) is 0 Å². The summed E-state index contributed by atoms with van der Waals surface area (Å²) in [5, 5.41) is 6.06. The van der Waals surface area contributed by atoms with Gasteiger partial charge in [0.2, 0.25) is 5.91 Å². The highest BCUT2D eigenvalue weighted by molar-refractivity contribution is 7.09. The number of thiazole rings is 1. The third-order valence-electron chi connectivity index (χ3n) is 4.34. The van der Waals surface area contributed by atoms with E-state index in [-0.39, 0.29) is 17.8 Å². The second kappa shape index (κ2) is 7.75. The first-order valence-corrected chi connectivity index (χ1v) is 9.18. The van der Waals surface area contributed by atoms with Crippen LogP contribution >= 0.6 is 11.3 Å². The monoisotopic (exact) mass is 347 g/mol. The van der Waals surface area contributed by atoms with Crippen LogP contribution < -0.4 is 10.2 Å². The van der Waals surface area contributed by atoms with Gasteiger partial charge in [-0.05, 0) is 43.5 Å². The van der Waals surface area contributed by atoms with Gasteiger partial charge in [0.05, 0.1) is 5.01 Å². The fraction of sp³-hybridized carbons (Fsp3) is 0.444. The molecule has 2 aromatic rings. The number of aromatic nitrogens is 1. The summed E-state index contributed by atoms with van der Waals surface area (Å²) < 4.78 is 13.3. The molecule has 2 heterocycles. The lowest BCUT2D eigenvalue weighted by Gasteiger charge is -2.35.